The highest BCUT2D eigenvalue weighted by Crippen LogP contribution is 2.38. The number of rotatable bonds is 2. The van der Waals surface area contributed by atoms with Crippen LogP contribution in [-0.4, -0.2) is 43.1 Å². The number of hydrogen-bond donors (Lipinski definition) is 3. The van der Waals surface area contributed by atoms with Gasteiger partial charge < -0.3 is 25.3 Å². The van der Waals surface area contributed by atoms with Gasteiger partial charge >= 0.3 is 0 Å². The Morgan fingerprint density at radius 3 is 3.05 bits per heavy atom. The normalized spacial score (nSPS) is 29.6. The molecule has 7 heteroatoms. The molecule has 0 bridgehead atoms. The van der Waals surface area contributed by atoms with Gasteiger partial charge in [0.1, 0.15) is 30.1 Å². The first-order chi connectivity index (χ1) is 9.61. The third kappa shape index (κ3) is 1.67. The zero-order valence-electron chi connectivity index (χ0n) is 10.6. The summed E-state index contributed by atoms with van der Waals surface area (Å²) in [4.78, 5) is 8.08. The van der Waals surface area contributed by atoms with Crippen LogP contribution in [0.3, 0.4) is 0 Å². The van der Waals surface area contributed by atoms with Crippen molar-refractivity contribution in [2.24, 2.45) is 0 Å². The predicted octanol–water partition coefficient (Wildman–Crippen LogP) is -0.342. The molecule has 0 aliphatic carbocycles. The fourth-order valence-electron chi connectivity index (χ4n) is 2.46. The van der Waals surface area contributed by atoms with Gasteiger partial charge in [-0.2, -0.15) is 0 Å². The molecule has 7 nitrogen and oxygen atoms in total. The number of hydrogen-bond acceptors (Lipinski definition) is 6. The van der Waals surface area contributed by atoms with E-state index in [4.69, 9.17) is 16.9 Å². The summed E-state index contributed by atoms with van der Waals surface area (Å²) in [5.41, 5.74) is 5.00. The van der Waals surface area contributed by atoms with Crippen LogP contribution in [0, 0.1) is 12.3 Å². The van der Waals surface area contributed by atoms with Gasteiger partial charge in [-0.25, -0.2) is 9.97 Å². The number of aliphatic hydroxyl groups excluding tert-OH is 2. The highest BCUT2D eigenvalue weighted by Gasteiger charge is 2.47. The molecular formula is C13H14N4O3. The maximum absolute atomic E-state index is 10.0. The van der Waals surface area contributed by atoms with E-state index in [0.717, 1.165) is 0 Å². The summed E-state index contributed by atoms with van der Waals surface area (Å²) < 4.78 is 7.41. The van der Waals surface area contributed by atoms with Crippen LogP contribution in [0.5, 0.6) is 0 Å². The highest BCUT2D eigenvalue weighted by atomic mass is 16.6. The Hall–Kier alpha value is -2.14. The average molecular weight is 274 g/mol. The van der Waals surface area contributed by atoms with E-state index in [-0.39, 0.29) is 6.42 Å². The minimum atomic E-state index is -1.38. The van der Waals surface area contributed by atoms with Gasteiger partial charge in [-0.05, 0) is 6.07 Å². The van der Waals surface area contributed by atoms with E-state index in [9.17, 15) is 10.2 Å². The molecule has 20 heavy (non-hydrogen) atoms. The number of aliphatic hydroxyl groups is 2. The molecule has 0 aromatic carbocycles. The monoisotopic (exact) mass is 274 g/mol. The molecule has 2 aromatic heterocycles. The van der Waals surface area contributed by atoms with Crippen LogP contribution in [0.1, 0.15) is 12.6 Å². The maximum Gasteiger partial charge on any atom is 0.179 e. The van der Waals surface area contributed by atoms with Gasteiger partial charge in [-0.1, -0.05) is 5.92 Å². The van der Waals surface area contributed by atoms with Gasteiger partial charge in [0.15, 0.2) is 5.60 Å². The first-order valence-electron chi connectivity index (χ1n) is 6.13. The van der Waals surface area contributed by atoms with Crippen LogP contribution in [0.25, 0.3) is 11.0 Å². The third-order valence-electron chi connectivity index (χ3n) is 3.64. The Morgan fingerprint density at radius 2 is 2.40 bits per heavy atom. The molecule has 3 heterocycles. The third-order valence-corrected chi connectivity index (χ3v) is 3.64. The lowest BCUT2D eigenvalue weighted by Gasteiger charge is -2.23. The topological polar surface area (TPSA) is 106 Å². The van der Waals surface area contributed by atoms with Gasteiger partial charge in [-0.15, -0.1) is 6.42 Å². The summed E-state index contributed by atoms with van der Waals surface area (Å²) in [6.45, 7) is -0.447. The van der Waals surface area contributed by atoms with Gasteiger partial charge in [0.2, 0.25) is 0 Å². The molecule has 0 spiro atoms. The minimum absolute atomic E-state index is 0.262. The van der Waals surface area contributed by atoms with E-state index < -0.39 is 24.5 Å². The van der Waals surface area contributed by atoms with Crippen molar-refractivity contribution in [3.63, 3.8) is 0 Å². The number of ether oxygens (including phenoxy) is 1. The summed E-state index contributed by atoms with van der Waals surface area (Å²) >= 11 is 0. The van der Waals surface area contributed by atoms with Crippen molar-refractivity contribution < 1.29 is 14.9 Å². The van der Waals surface area contributed by atoms with Gasteiger partial charge in [0.25, 0.3) is 0 Å². The van der Waals surface area contributed by atoms with Crippen molar-refractivity contribution in [1.82, 2.24) is 14.5 Å². The Kier molecular flexibility index (Phi) is 2.87. The van der Waals surface area contributed by atoms with Crippen LogP contribution in [0.15, 0.2) is 18.6 Å². The number of fused-ring (bicyclic) bond motifs is 1. The van der Waals surface area contributed by atoms with E-state index in [1.807, 2.05) is 0 Å². The molecule has 104 valence electrons. The standard InChI is InChI=1S/C13H14N4O3/c1-2-13(6-18)9(19)5-10(20-13)17-4-3-8-11(14)15-7-16-12(8)17/h1,3-4,7,9-10,18-19H,5-6H2,(H2,14,15,16)/t9-,10+,13+/m0/s1. The van der Waals surface area contributed by atoms with Crippen molar-refractivity contribution in [2.75, 3.05) is 12.3 Å². The van der Waals surface area contributed by atoms with E-state index in [1.165, 1.54) is 6.33 Å². The van der Waals surface area contributed by atoms with Gasteiger partial charge in [-0.3, -0.25) is 0 Å². The lowest BCUT2D eigenvalue weighted by molar-refractivity contribution is -0.0890. The first-order valence-corrected chi connectivity index (χ1v) is 6.13. The zero-order chi connectivity index (χ0) is 14.3. The largest absolute Gasteiger partial charge is 0.392 e. The molecule has 1 aliphatic rings. The van der Waals surface area contributed by atoms with Crippen LogP contribution < -0.4 is 5.73 Å². The van der Waals surface area contributed by atoms with Gasteiger partial charge in [0, 0.05) is 12.6 Å². The predicted molar refractivity (Wildman–Crippen MR) is 71.3 cm³/mol. The summed E-state index contributed by atoms with van der Waals surface area (Å²) in [7, 11) is 0. The smallest absolute Gasteiger partial charge is 0.179 e. The summed E-state index contributed by atoms with van der Waals surface area (Å²) in [5, 5.41) is 20.1. The van der Waals surface area contributed by atoms with Crippen molar-refractivity contribution >= 4 is 16.9 Å². The van der Waals surface area contributed by atoms with Crippen molar-refractivity contribution in [2.45, 2.75) is 24.4 Å². The van der Waals surface area contributed by atoms with Crippen LogP contribution in [-0.2, 0) is 4.74 Å². The molecule has 3 atom stereocenters. The number of aromatic nitrogens is 3. The summed E-state index contributed by atoms with van der Waals surface area (Å²) in [5.74, 6) is 2.71. The number of nitrogens with two attached hydrogens (primary N) is 1. The molecule has 0 amide bonds. The van der Waals surface area contributed by atoms with E-state index in [0.29, 0.717) is 16.9 Å². The van der Waals surface area contributed by atoms with Crippen LogP contribution in [0.4, 0.5) is 5.82 Å². The van der Waals surface area contributed by atoms with Crippen molar-refractivity contribution in [1.29, 1.82) is 0 Å². The van der Waals surface area contributed by atoms with Crippen molar-refractivity contribution in [3.8, 4) is 12.3 Å². The molecule has 1 fully saturated rings. The number of terminal acetylenes is 1. The molecule has 1 saturated heterocycles. The second kappa shape index (κ2) is 4.45. The van der Waals surface area contributed by atoms with Crippen molar-refractivity contribution in [3.05, 3.63) is 18.6 Å². The Balaban J connectivity index is 2.02. The zero-order valence-corrected chi connectivity index (χ0v) is 10.6. The maximum atomic E-state index is 10.0. The second-order valence-corrected chi connectivity index (χ2v) is 4.74. The van der Waals surface area contributed by atoms with Gasteiger partial charge in [0.05, 0.1) is 12.0 Å². The van der Waals surface area contributed by atoms with E-state index >= 15 is 0 Å². The Labute approximate surface area is 115 Å². The average Bonchev–Trinajstić information content (AvgIpc) is 3.01. The second-order valence-electron chi connectivity index (χ2n) is 4.74. The molecule has 0 radical (unpaired) electrons. The quantitative estimate of drug-likeness (QED) is 0.647. The lowest BCUT2D eigenvalue weighted by Crippen LogP contribution is -2.41. The first kappa shape index (κ1) is 12.9. The van der Waals surface area contributed by atoms with Crippen LogP contribution >= 0.6 is 0 Å². The number of nitrogen functional groups attached to an aromatic ring is 1. The Morgan fingerprint density at radius 1 is 1.60 bits per heavy atom. The summed E-state index contributed by atoms with van der Waals surface area (Å²) in [6.07, 6.45) is 7.28. The fraction of sp³-hybridized carbons (Fsp3) is 0.385. The number of nitrogens with zero attached hydrogens (tertiary/aromatic N) is 3. The fourth-order valence-corrected chi connectivity index (χ4v) is 2.46. The molecule has 4 N–H and O–H groups in total. The van der Waals surface area contributed by atoms with E-state index in [1.54, 1.807) is 16.8 Å². The Bertz CT molecular complexity index is 692. The SMILES string of the molecule is C#C[C@]1(CO)O[C@@H](n2ccc3c(N)ncnc32)C[C@@H]1O. The molecular weight excluding hydrogens is 260 g/mol. The molecule has 0 unspecified atom stereocenters. The molecule has 3 rings (SSSR count). The molecule has 0 saturated carbocycles. The summed E-state index contributed by atoms with van der Waals surface area (Å²) in [6, 6.07) is 1.77. The highest BCUT2D eigenvalue weighted by molar-refractivity contribution is 5.86. The number of anilines is 1. The lowest BCUT2D eigenvalue weighted by atomic mass is 9.99. The molecule has 2 aromatic rings. The van der Waals surface area contributed by atoms with E-state index in [2.05, 4.69) is 15.9 Å². The van der Waals surface area contributed by atoms with Crippen LogP contribution in [0.2, 0.25) is 0 Å². The molecule has 1 aliphatic heterocycles. The minimum Gasteiger partial charge on any atom is -0.392 e.